The predicted octanol–water partition coefficient (Wildman–Crippen LogP) is 4.48. The maximum absolute atomic E-state index is 12.7. The Balaban J connectivity index is 1.43. The molecule has 2 unspecified atom stereocenters. The largest absolute Gasteiger partial charge is 0.421 e. The molecule has 0 radical (unpaired) electrons. The molecule has 4 rings (SSSR count). The quantitative estimate of drug-likeness (QED) is 0.346. The predicted molar refractivity (Wildman–Crippen MR) is 132 cm³/mol. The Morgan fingerprint density at radius 2 is 1.85 bits per heavy atom. The number of benzene rings is 2. The van der Waals surface area contributed by atoms with Gasteiger partial charge in [-0.15, -0.1) is 11.3 Å². The van der Waals surface area contributed by atoms with Crippen LogP contribution in [0.1, 0.15) is 42.6 Å². The fourth-order valence-electron chi connectivity index (χ4n) is 3.35. The number of nitrogens with zero attached hydrogens (tertiary/aromatic N) is 2. The van der Waals surface area contributed by atoms with E-state index in [1.165, 1.54) is 24.3 Å². The first-order valence-electron chi connectivity index (χ1n) is 10.9. The van der Waals surface area contributed by atoms with Crippen LogP contribution in [0.4, 0.5) is 6.01 Å². The van der Waals surface area contributed by atoms with Gasteiger partial charge in [0, 0.05) is 12.1 Å². The van der Waals surface area contributed by atoms with Crippen molar-refractivity contribution in [3.05, 3.63) is 47.0 Å². The Hall–Kier alpha value is -2.86. The van der Waals surface area contributed by atoms with Gasteiger partial charge in [0.2, 0.25) is 10.0 Å². The number of amides is 1. The third-order valence-electron chi connectivity index (χ3n) is 5.27. The third-order valence-corrected chi connectivity index (χ3v) is 7.64. The van der Waals surface area contributed by atoms with E-state index in [2.05, 4.69) is 20.0 Å². The number of thiazole rings is 1. The standard InChI is InChI=1S/C23H26N4O5S2/c1-5-13(2)31-14(3)12-24-34(29,30)17-8-6-16(7-9-17)22(28)27-23-26-18-10-11-19-20(21(18)32-23)25-15(4)33-19/h6-11,13-14,24H,5,12H2,1-4H3,(H,26,27,28). The van der Waals surface area contributed by atoms with E-state index in [0.29, 0.717) is 16.6 Å². The summed E-state index contributed by atoms with van der Waals surface area (Å²) in [7, 11) is -3.73. The monoisotopic (exact) mass is 502 g/mol. The van der Waals surface area contributed by atoms with Crippen LogP contribution >= 0.6 is 11.3 Å². The van der Waals surface area contributed by atoms with Gasteiger partial charge in [0.15, 0.2) is 5.58 Å². The minimum Gasteiger partial charge on any atom is -0.421 e. The zero-order valence-electron chi connectivity index (χ0n) is 19.3. The highest BCUT2D eigenvalue weighted by Gasteiger charge is 2.19. The average molecular weight is 503 g/mol. The highest BCUT2D eigenvalue weighted by atomic mass is 32.2. The highest BCUT2D eigenvalue weighted by Crippen LogP contribution is 2.30. The fraction of sp³-hybridized carbons (Fsp3) is 0.348. The zero-order valence-corrected chi connectivity index (χ0v) is 20.9. The van der Waals surface area contributed by atoms with Crippen LogP contribution in [-0.2, 0) is 14.8 Å². The van der Waals surface area contributed by atoms with Crippen LogP contribution in [0.15, 0.2) is 45.7 Å². The number of carbonyl (C=O) groups excluding carboxylic acids is 1. The highest BCUT2D eigenvalue weighted by molar-refractivity contribution is 7.89. The van der Waals surface area contributed by atoms with E-state index < -0.39 is 15.9 Å². The van der Waals surface area contributed by atoms with Gasteiger partial charge in [-0.25, -0.2) is 18.1 Å². The number of anilines is 1. The number of sulfonamides is 1. The van der Waals surface area contributed by atoms with Crippen molar-refractivity contribution in [3.63, 3.8) is 0 Å². The maximum Gasteiger partial charge on any atom is 0.302 e. The van der Waals surface area contributed by atoms with Gasteiger partial charge in [0.1, 0.15) is 11.0 Å². The summed E-state index contributed by atoms with van der Waals surface area (Å²) in [6.07, 6.45) is 0.634. The molecule has 180 valence electrons. The Labute approximate surface area is 201 Å². The van der Waals surface area contributed by atoms with Crippen LogP contribution in [0.2, 0.25) is 0 Å². The molecule has 9 nitrogen and oxygen atoms in total. The molecule has 0 aliphatic rings. The Morgan fingerprint density at radius 1 is 1.12 bits per heavy atom. The molecule has 1 amide bonds. The lowest BCUT2D eigenvalue weighted by Crippen LogP contribution is -2.33. The molecule has 0 aliphatic heterocycles. The molecule has 34 heavy (non-hydrogen) atoms. The Kier molecular flexibility index (Phi) is 6.99. The molecule has 0 saturated heterocycles. The van der Waals surface area contributed by atoms with Crippen LogP contribution in [0.25, 0.3) is 21.3 Å². The molecular formula is C23H26N4O5S2. The van der Waals surface area contributed by atoms with Crippen molar-refractivity contribution < 1.29 is 22.4 Å². The topological polar surface area (TPSA) is 123 Å². The number of hydrogen-bond acceptors (Lipinski definition) is 8. The van der Waals surface area contributed by atoms with E-state index in [4.69, 9.17) is 9.15 Å². The third kappa shape index (κ3) is 5.27. The summed E-state index contributed by atoms with van der Waals surface area (Å²) in [6, 6.07) is 9.42. The maximum atomic E-state index is 12.7. The van der Waals surface area contributed by atoms with Crippen molar-refractivity contribution in [1.82, 2.24) is 14.7 Å². The van der Waals surface area contributed by atoms with Crippen LogP contribution in [0.3, 0.4) is 0 Å². The van der Waals surface area contributed by atoms with E-state index in [0.717, 1.165) is 16.1 Å². The van der Waals surface area contributed by atoms with Crippen molar-refractivity contribution in [2.75, 3.05) is 11.9 Å². The lowest BCUT2D eigenvalue weighted by Gasteiger charge is -2.18. The van der Waals surface area contributed by atoms with Gasteiger partial charge >= 0.3 is 6.01 Å². The number of carbonyl (C=O) groups is 1. The lowest BCUT2D eigenvalue weighted by atomic mass is 10.2. The van der Waals surface area contributed by atoms with Gasteiger partial charge in [0.25, 0.3) is 5.91 Å². The smallest absolute Gasteiger partial charge is 0.302 e. The van der Waals surface area contributed by atoms with E-state index in [9.17, 15) is 13.2 Å². The zero-order chi connectivity index (χ0) is 24.5. The van der Waals surface area contributed by atoms with Crippen molar-refractivity contribution in [3.8, 4) is 0 Å². The molecule has 2 aromatic heterocycles. The molecule has 0 bridgehead atoms. The number of nitrogens with one attached hydrogen (secondary N) is 2. The van der Waals surface area contributed by atoms with Gasteiger partial charge in [-0.05, 0) is 63.6 Å². The Bertz CT molecular complexity index is 1430. The van der Waals surface area contributed by atoms with E-state index in [-0.39, 0.29) is 35.2 Å². The number of ether oxygens (including phenoxy) is 1. The first-order valence-corrected chi connectivity index (χ1v) is 13.2. The first kappa shape index (κ1) is 24.3. The number of fused-ring (bicyclic) bond motifs is 3. The van der Waals surface area contributed by atoms with Crippen molar-refractivity contribution in [2.45, 2.75) is 51.2 Å². The second kappa shape index (κ2) is 9.79. The van der Waals surface area contributed by atoms with Gasteiger partial charge in [-0.1, -0.05) is 6.92 Å². The summed E-state index contributed by atoms with van der Waals surface area (Å²) >= 11 is 1.55. The fourth-order valence-corrected chi connectivity index (χ4v) is 5.29. The molecule has 2 N–H and O–H groups in total. The number of rotatable bonds is 9. The average Bonchev–Trinajstić information content (AvgIpc) is 3.39. The van der Waals surface area contributed by atoms with Gasteiger partial charge < -0.3 is 9.15 Å². The summed E-state index contributed by atoms with van der Waals surface area (Å²) in [6.45, 7) is 7.82. The minimum absolute atomic E-state index is 0.0480. The van der Waals surface area contributed by atoms with E-state index >= 15 is 0 Å². The molecule has 0 saturated carbocycles. The molecule has 2 heterocycles. The SMILES string of the molecule is CCC(C)OC(C)CNS(=O)(=O)c1ccc(C(=O)Nc2nc3ccc4sc(C)nc4c3o2)cc1. The lowest BCUT2D eigenvalue weighted by molar-refractivity contribution is 0.0100. The molecule has 4 aromatic rings. The van der Waals surface area contributed by atoms with Crippen molar-refractivity contribution in [1.29, 1.82) is 0 Å². The van der Waals surface area contributed by atoms with Gasteiger partial charge in [0.05, 0.1) is 26.8 Å². The number of hydrogen-bond donors (Lipinski definition) is 2. The van der Waals surface area contributed by atoms with Crippen molar-refractivity contribution >= 4 is 54.6 Å². The first-order chi connectivity index (χ1) is 16.2. The second-order valence-electron chi connectivity index (χ2n) is 8.01. The van der Waals surface area contributed by atoms with E-state index in [1.807, 2.05) is 39.8 Å². The van der Waals surface area contributed by atoms with Crippen LogP contribution in [-0.4, -0.2) is 43.0 Å². The normalized spacial score (nSPS) is 13.9. The van der Waals surface area contributed by atoms with Gasteiger partial charge in [-0.2, -0.15) is 4.98 Å². The summed E-state index contributed by atoms with van der Waals surface area (Å²) in [5.41, 5.74) is 2.08. The molecular weight excluding hydrogens is 476 g/mol. The summed E-state index contributed by atoms with van der Waals surface area (Å²) < 4.78 is 40.1. The van der Waals surface area contributed by atoms with Crippen LogP contribution in [0.5, 0.6) is 0 Å². The minimum atomic E-state index is -3.73. The Morgan fingerprint density at radius 3 is 2.56 bits per heavy atom. The summed E-state index contributed by atoms with van der Waals surface area (Å²) in [4.78, 5) is 21.5. The number of aryl methyl sites for hydroxylation is 1. The van der Waals surface area contributed by atoms with Crippen LogP contribution in [0, 0.1) is 6.92 Å². The molecule has 2 aromatic carbocycles. The van der Waals surface area contributed by atoms with Gasteiger partial charge in [-0.3, -0.25) is 10.1 Å². The molecule has 0 fully saturated rings. The molecule has 0 aliphatic carbocycles. The molecule has 11 heteroatoms. The molecule has 0 spiro atoms. The number of oxazole rings is 1. The molecule has 2 atom stereocenters. The summed E-state index contributed by atoms with van der Waals surface area (Å²) in [5.74, 6) is -0.468. The van der Waals surface area contributed by atoms with E-state index in [1.54, 1.807) is 11.3 Å². The number of aromatic nitrogens is 2. The van der Waals surface area contributed by atoms with Crippen molar-refractivity contribution in [2.24, 2.45) is 0 Å². The van der Waals surface area contributed by atoms with Crippen LogP contribution < -0.4 is 10.0 Å². The summed E-state index contributed by atoms with van der Waals surface area (Å²) in [5, 5.41) is 3.53. The second-order valence-corrected chi connectivity index (χ2v) is 11.0.